The van der Waals surface area contributed by atoms with Crippen molar-refractivity contribution >= 4 is 0 Å². The van der Waals surface area contributed by atoms with Crippen molar-refractivity contribution in [1.29, 1.82) is 0 Å². The van der Waals surface area contributed by atoms with E-state index in [0.29, 0.717) is 12.6 Å². The van der Waals surface area contributed by atoms with E-state index in [1.807, 2.05) is 31.2 Å². The van der Waals surface area contributed by atoms with Crippen molar-refractivity contribution in [3.05, 3.63) is 29.8 Å². The van der Waals surface area contributed by atoms with Crippen LogP contribution in [0.15, 0.2) is 24.3 Å². The molecular formula is C15H25NO2. The van der Waals surface area contributed by atoms with Crippen LogP contribution in [0.5, 0.6) is 5.75 Å². The van der Waals surface area contributed by atoms with E-state index in [4.69, 9.17) is 4.74 Å². The number of benzene rings is 1. The fraction of sp³-hybridized carbons (Fsp3) is 0.600. The van der Waals surface area contributed by atoms with Crippen molar-refractivity contribution in [3.8, 4) is 5.75 Å². The summed E-state index contributed by atoms with van der Waals surface area (Å²) in [5, 5.41) is 13.7. The lowest BCUT2D eigenvalue weighted by molar-refractivity contribution is 0.0549. The highest BCUT2D eigenvalue weighted by molar-refractivity contribution is 5.30. The van der Waals surface area contributed by atoms with Crippen molar-refractivity contribution < 1.29 is 9.84 Å². The van der Waals surface area contributed by atoms with Gasteiger partial charge in [-0.15, -0.1) is 0 Å². The number of hydrogen-bond acceptors (Lipinski definition) is 3. The quantitative estimate of drug-likeness (QED) is 0.783. The maximum absolute atomic E-state index is 10.4. The third kappa shape index (κ3) is 4.67. The van der Waals surface area contributed by atoms with Crippen molar-refractivity contribution in [2.75, 3.05) is 13.2 Å². The summed E-state index contributed by atoms with van der Waals surface area (Å²) in [5.41, 5.74) is 0.0487. The molecule has 0 saturated heterocycles. The summed E-state index contributed by atoms with van der Waals surface area (Å²) in [6.07, 6.45) is 0.998. The second kappa shape index (κ2) is 6.76. The van der Waals surface area contributed by atoms with E-state index in [0.717, 1.165) is 24.3 Å². The number of nitrogens with one attached hydrogen (secondary N) is 1. The standard InChI is InChI=1S/C15H25NO2/c1-5-10-18-14-8-6-13(7-9-14)15(4,17)11-16-12(2)3/h6-9,12,16-17H,5,10-11H2,1-4H3. The molecule has 1 rings (SSSR count). The first-order valence-corrected chi connectivity index (χ1v) is 6.65. The van der Waals surface area contributed by atoms with E-state index in [1.165, 1.54) is 0 Å². The summed E-state index contributed by atoms with van der Waals surface area (Å²) in [7, 11) is 0. The van der Waals surface area contributed by atoms with E-state index < -0.39 is 5.60 Å². The minimum atomic E-state index is -0.854. The second-order valence-electron chi connectivity index (χ2n) is 5.18. The van der Waals surface area contributed by atoms with Crippen molar-refractivity contribution in [2.45, 2.75) is 45.8 Å². The Morgan fingerprint density at radius 2 is 1.89 bits per heavy atom. The van der Waals surface area contributed by atoms with E-state index in [-0.39, 0.29) is 0 Å². The Balaban J connectivity index is 2.65. The molecule has 102 valence electrons. The third-order valence-corrected chi connectivity index (χ3v) is 2.80. The Bertz CT molecular complexity index is 344. The van der Waals surface area contributed by atoms with Crippen LogP contribution in [0, 0.1) is 0 Å². The number of aliphatic hydroxyl groups is 1. The zero-order chi connectivity index (χ0) is 13.6. The van der Waals surface area contributed by atoms with Gasteiger partial charge in [0.1, 0.15) is 5.75 Å². The minimum Gasteiger partial charge on any atom is -0.494 e. The number of rotatable bonds is 7. The highest BCUT2D eigenvalue weighted by atomic mass is 16.5. The molecule has 0 saturated carbocycles. The molecule has 2 N–H and O–H groups in total. The molecule has 1 unspecified atom stereocenters. The van der Waals surface area contributed by atoms with Crippen LogP contribution in [0.2, 0.25) is 0 Å². The number of ether oxygens (including phenoxy) is 1. The normalized spacial score (nSPS) is 14.6. The Kier molecular flexibility index (Phi) is 5.63. The molecule has 0 bridgehead atoms. The van der Waals surface area contributed by atoms with Crippen LogP contribution in [-0.2, 0) is 5.60 Å². The topological polar surface area (TPSA) is 41.5 Å². The summed E-state index contributed by atoms with van der Waals surface area (Å²) >= 11 is 0. The highest BCUT2D eigenvalue weighted by Gasteiger charge is 2.22. The van der Waals surface area contributed by atoms with Crippen molar-refractivity contribution in [1.82, 2.24) is 5.32 Å². The van der Waals surface area contributed by atoms with Gasteiger partial charge < -0.3 is 15.2 Å². The van der Waals surface area contributed by atoms with Crippen LogP contribution in [0.1, 0.15) is 39.7 Å². The SMILES string of the molecule is CCCOc1ccc(C(C)(O)CNC(C)C)cc1. The number of hydrogen-bond donors (Lipinski definition) is 2. The Morgan fingerprint density at radius 3 is 2.39 bits per heavy atom. The summed E-state index contributed by atoms with van der Waals surface area (Å²) in [6, 6.07) is 8.03. The minimum absolute atomic E-state index is 0.364. The van der Waals surface area contributed by atoms with E-state index in [1.54, 1.807) is 0 Å². The first kappa shape index (κ1) is 15.0. The van der Waals surface area contributed by atoms with Crippen LogP contribution in [0.25, 0.3) is 0 Å². The summed E-state index contributed by atoms with van der Waals surface area (Å²) in [5.74, 6) is 0.855. The van der Waals surface area contributed by atoms with Crippen LogP contribution < -0.4 is 10.1 Å². The van der Waals surface area contributed by atoms with Crippen LogP contribution in [0.3, 0.4) is 0 Å². The van der Waals surface area contributed by atoms with Crippen LogP contribution >= 0.6 is 0 Å². The van der Waals surface area contributed by atoms with Gasteiger partial charge in [0, 0.05) is 12.6 Å². The molecule has 0 heterocycles. The molecule has 1 atom stereocenters. The zero-order valence-electron chi connectivity index (χ0n) is 11.9. The van der Waals surface area contributed by atoms with Gasteiger partial charge in [-0.1, -0.05) is 32.9 Å². The summed E-state index contributed by atoms with van der Waals surface area (Å²) in [4.78, 5) is 0. The van der Waals surface area contributed by atoms with Crippen LogP contribution in [-0.4, -0.2) is 24.3 Å². The molecule has 1 aromatic rings. The van der Waals surface area contributed by atoms with Gasteiger partial charge in [-0.3, -0.25) is 0 Å². The Labute approximate surface area is 110 Å². The Morgan fingerprint density at radius 1 is 1.28 bits per heavy atom. The van der Waals surface area contributed by atoms with Gasteiger partial charge in [0.25, 0.3) is 0 Å². The molecule has 1 aromatic carbocycles. The lowest BCUT2D eigenvalue weighted by Crippen LogP contribution is -2.38. The fourth-order valence-electron chi connectivity index (χ4n) is 1.64. The van der Waals surface area contributed by atoms with Crippen molar-refractivity contribution in [3.63, 3.8) is 0 Å². The van der Waals surface area contributed by atoms with Gasteiger partial charge in [0.05, 0.1) is 12.2 Å². The molecule has 0 fully saturated rings. The third-order valence-electron chi connectivity index (χ3n) is 2.80. The Hall–Kier alpha value is -1.06. The maximum atomic E-state index is 10.4. The van der Waals surface area contributed by atoms with Gasteiger partial charge >= 0.3 is 0 Å². The second-order valence-corrected chi connectivity index (χ2v) is 5.18. The lowest BCUT2D eigenvalue weighted by atomic mass is 9.95. The molecule has 0 amide bonds. The van der Waals surface area contributed by atoms with Gasteiger partial charge in [-0.05, 0) is 31.0 Å². The summed E-state index contributed by atoms with van der Waals surface area (Å²) in [6.45, 7) is 9.31. The average molecular weight is 251 g/mol. The average Bonchev–Trinajstić information content (AvgIpc) is 2.34. The van der Waals surface area contributed by atoms with E-state index >= 15 is 0 Å². The highest BCUT2D eigenvalue weighted by Crippen LogP contribution is 2.22. The maximum Gasteiger partial charge on any atom is 0.119 e. The molecule has 0 radical (unpaired) electrons. The fourth-order valence-corrected chi connectivity index (χ4v) is 1.64. The molecular weight excluding hydrogens is 226 g/mol. The summed E-state index contributed by atoms with van der Waals surface area (Å²) < 4.78 is 5.52. The van der Waals surface area contributed by atoms with Crippen LogP contribution in [0.4, 0.5) is 0 Å². The molecule has 0 aliphatic carbocycles. The van der Waals surface area contributed by atoms with Crippen molar-refractivity contribution in [2.24, 2.45) is 0 Å². The van der Waals surface area contributed by atoms with E-state index in [9.17, 15) is 5.11 Å². The predicted molar refractivity (Wildman–Crippen MR) is 74.9 cm³/mol. The molecule has 0 spiro atoms. The first-order valence-electron chi connectivity index (χ1n) is 6.65. The molecule has 0 aliphatic heterocycles. The van der Waals surface area contributed by atoms with Gasteiger partial charge in [0.2, 0.25) is 0 Å². The smallest absolute Gasteiger partial charge is 0.119 e. The van der Waals surface area contributed by atoms with Gasteiger partial charge in [0.15, 0.2) is 0 Å². The molecule has 18 heavy (non-hydrogen) atoms. The lowest BCUT2D eigenvalue weighted by Gasteiger charge is -2.25. The first-order chi connectivity index (χ1) is 8.45. The predicted octanol–water partition coefficient (Wildman–Crippen LogP) is 2.68. The molecule has 3 nitrogen and oxygen atoms in total. The van der Waals surface area contributed by atoms with E-state index in [2.05, 4.69) is 26.1 Å². The monoisotopic (exact) mass is 251 g/mol. The zero-order valence-corrected chi connectivity index (χ0v) is 11.9. The van der Waals surface area contributed by atoms with Gasteiger partial charge in [-0.25, -0.2) is 0 Å². The largest absolute Gasteiger partial charge is 0.494 e. The molecule has 0 aromatic heterocycles. The van der Waals surface area contributed by atoms with Gasteiger partial charge in [-0.2, -0.15) is 0 Å². The molecule has 0 aliphatic rings. The molecule has 3 heteroatoms.